The molecule has 1 heterocycles. The predicted octanol–water partition coefficient (Wildman–Crippen LogP) is 6.16. The highest BCUT2D eigenvalue weighted by molar-refractivity contribution is 5.77. The van der Waals surface area contributed by atoms with Crippen LogP contribution in [0.4, 0.5) is 35.1 Å². The van der Waals surface area contributed by atoms with Gasteiger partial charge in [0, 0.05) is 18.7 Å². The van der Waals surface area contributed by atoms with Crippen LogP contribution in [0.1, 0.15) is 16.7 Å². The number of aromatic amines is 1. The van der Waals surface area contributed by atoms with Gasteiger partial charge >= 0.3 is 24.3 Å². The molecule has 4 aromatic rings. The Labute approximate surface area is 236 Å². The molecule has 1 aromatic heterocycles. The molecule has 0 aliphatic heterocycles. The summed E-state index contributed by atoms with van der Waals surface area (Å²) in [7, 11) is 0. The van der Waals surface area contributed by atoms with E-state index in [-0.39, 0.29) is 5.52 Å². The molecule has 8 nitrogen and oxygen atoms in total. The van der Waals surface area contributed by atoms with Crippen molar-refractivity contribution in [3.63, 3.8) is 0 Å². The minimum Gasteiger partial charge on any atom is -0.475 e. The number of nitrogens with one attached hydrogen (secondary N) is 2. The molecule has 230 valence electrons. The number of rotatable bonds is 5. The van der Waals surface area contributed by atoms with Gasteiger partial charge in [-0.2, -0.15) is 26.3 Å². The van der Waals surface area contributed by atoms with E-state index in [1.165, 1.54) is 23.5 Å². The Morgan fingerprint density at radius 1 is 0.907 bits per heavy atom. The SMILES string of the molecule is Fc1cc2[nH]cnc2c(F)c1Oc1ccc(CNC2Cc3ccccc3C2)cc1.O=C(O)C(F)(F)F.O=C(O)C(F)(F)F. The summed E-state index contributed by atoms with van der Waals surface area (Å²) in [6, 6.07) is 17.3. The van der Waals surface area contributed by atoms with Crippen molar-refractivity contribution in [2.75, 3.05) is 0 Å². The number of H-pyrrole nitrogens is 1. The van der Waals surface area contributed by atoms with Gasteiger partial charge in [-0.1, -0.05) is 36.4 Å². The molecule has 0 atom stereocenters. The molecular formula is C27H21F8N3O5. The maximum absolute atomic E-state index is 14.5. The van der Waals surface area contributed by atoms with Crippen LogP contribution in [-0.4, -0.2) is 50.5 Å². The lowest BCUT2D eigenvalue weighted by atomic mass is 10.1. The average molecular weight is 619 g/mol. The van der Waals surface area contributed by atoms with Crippen molar-refractivity contribution in [1.82, 2.24) is 15.3 Å². The normalized spacial score (nSPS) is 12.9. The molecule has 16 heteroatoms. The zero-order valence-corrected chi connectivity index (χ0v) is 21.6. The van der Waals surface area contributed by atoms with E-state index in [0.717, 1.165) is 24.9 Å². The summed E-state index contributed by atoms with van der Waals surface area (Å²) in [5.74, 6) is -7.17. The van der Waals surface area contributed by atoms with E-state index in [1.54, 1.807) is 12.1 Å². The summed E-state index contributed by atoms with van der Waals surface area (Å²) in [6.07, 6.45) is -6.78. The highest BCUT2D eigenvalue weighted by Gasteiger charge is 2.38. The summed E-state index contributed by atoms with van der Waals surface area (Å²) in [6.45, 7) is 0.723. The first-order valence-electron chi connectivity index (χ1n) is 12.0. The summed E-state index contributed by atoms with van der Waals surface area (Å²) in [5.41, 5.74) is 4.25. The number of hydrogen-bond acceptors (Lipinski definition) is 5. The second-order valence-corrected chi connectivity index (χ2v) is 8.91. The Kier molecular flexibility index (Phi) is 10.3. The third-order valence-corrected chi connectivity index (χ3v) is 5.84. The first-order valence-corrected chi connectivity index (χ1v) is 12.0. The molecule has 0 unspecified atom stereocenters. The predicted molar refractivity (Wildman–Crippen MR) is 134 cm³/mol. The highest BCUT2D eigenvalue weighted by atomic mass is 19.4. The van der Waals surface area contributed by atoms with Crippen molar-refractivity contribution in [2.45, 2.75) is 37.8 Å². The number of carbonyl (C=O) groups is 2. The van der Waals surface area contributed by atoms with Crippen molar-refractivity contribution < 1.29 is 59.7 Å². The number of nitrogens with zero attached hydrogens (tertiary/aromatic N) is 1. The van der Waals surface area contributed by atoms with E-state index < -0.39 is 41.7 Å². The van der Waals surface area contributed by atoms with Crippen molar-refractivity contribution in [2.24, 2.45) is 0 Å². The van der Waals surface area contributed by atoms with Crippen LogP contribution in [0.25, 0.3) is 11.0 Å². The zero-order valence-electron chi connectivity index (χ0n) is 21.6. The van der Waals surface area contributed by atoms with Gasteiger partial charge in [0.15, 0.2) is 11.6 Å². The Hall–Kier alpha value is -4.73. The standard InChI is InChI=1S/C23H19F2N3O.2C2HF3O2/c24-19-11-20-22(28-13-27-20)21(25)23(19)29-18-7-5-14(6-8-18)12-26-17-9-15-3-1-2-4-16(15)10-17;2*3-2(4,5)1(6)7/h1-8,11,13,17,26H,9-10,12H2,(H,27,28);2*(H,6,7). The minimum absolute atomic E-state index is 0.0554. The van der Waals surface area contributed by atoms with Crippen molar-refractivity contribution in [3.05, 3.63) is 89.2 Å². The second kappa shape index (κ2) is 13.5. The Balaban J connectivity index is 0.000000303. The number of alkyl halides is 6. The van der Waals surface area contributed by atoms with Crippen molar-refractivity contribution in [3.8, 4) is 11.5 Å². The third-order valence-electron chi connectivity index (χ3n) is 5.84. The fourth-order valence-corrected chi connectivity index (χ4v) is 3.85. The first kappa shape index (κ1) is 32.8. The Morgan fingerprint density at radius 2 is 1.42 bits per heavy atom. The average Bonchev–Trinajstić information content (AvgIpc) is 3.57. The molecule has 1 aliphatic carbocycles. The summed E-state index contributed by atoms with van der Waals surface area (Å²) in [4.78, 5) is 24.3. The number of imidazole rings is 1. The van der Waals surface area contributed by atoms with Crippen LogP contribution in [0.2, 0.25) is 0 Å². The van der Waals surface area contributed by atoms with Crippen LogP contribution < -0.4 is 10.1 Å². The van der Waals surface area contributed by atoms with Crippen LogP contribution in [0, 0.1) is 11.6 Å². The van der Waals surface area contributed by atoms with E-state index in [0.29, 0.717) is 17.3 Å². The van der Waals surface area contributed by atoms with Crippen LogP contribution in [0.15, 0.2) is 60.9 Å². The largest absolute Gasteiger partial charge is 0.490 e. The van der Waals surface area contributed by atoms with Gasteiger partial charge in [0.1, 0.15) is 11.3 Å². The van der Waals surface area contributed by atoms with Crippen LogP contribution in [0.5, 0.6) is 11.5 Å². The van der Waals surface area contributed by atoms with E-state index in [9.17, 15) is 35.1 Å². The summed E-state index contributed by atoms with van der Waals surface area (Å²) in [5, 5.41) is 17.8. The number of ether oxygens (including phenoxy) is 1. The fraction of sp³-hybridized carbons (Fsp3) is 0.222. The van der Waals surface area contributed by atoms with Crippen molar-refractivity contribution >= 4 is 23.0 Å². The van der Waals surface area contributed by atoms with Crippen molar-refractivity contribution in [1.29, 1.82) is 0 Å². The van der Waals surface area contributed by atoms with Crippen LogP contribution in [-0.2, 0) is 29.0 Å². The van der Waals surface area contributed by atoms with Gasteiger partial charge in [-0.15, -0.1) is 0 Å². The molecule has 0 saturated heterocycles. The number of benzene rings is 3. The summed E-state index contributed by atoms with van der Waals surface area (Å²) < 4.78 is 97.6. The molecule has 0 saturated carbocycles. The number of aliphatic carboxylic acids is 2. The van der Waals surface area contributed by atoms with Gasteiger partial charge in [-0.25, -0.2) is 23.4 Å². The number of fused-ring (bicyclic) bond motifs is 2. The molecule has 1 aliphatic rings. The fourth-order valence-electron chi connectivity index (χ4n) is 3.85. The van der Waals surface area contributed by atoms with Crippen LogP contribution >= 0.6 is 0 Å². The van der Waals surface area contributed by atoms with Crippen LogP contribution in [0.3, 0.4) is 0 Å². The summed E-state index contributed by atoms with van der Waals surface area (Å²) >= 11 is 0. The van der Waals surface area contributed by atoms with Gasteiger partial charge in [0.25, 0.3) is 0 Å². The molecule has 4 N–H and O–H groups in total. The number of hydrogen-bond donors (Lipinski definition) is 4. The molecule has 0 amide bonds. The van der Waals surface area contributed by atoms with Gasteiger partial charge in [0.05, 0.1) is 11.8 Å². The molecule has 43 heavy (non-hydrogen) atoms. The van der Waals surface area contributed by atoms with E-state index in [4.69, 9.17) is 24.5 Å². The van der Waals surface area contributed by atoms with E-state index >= 15 is 0 Å². The van der Waals surface area contributed by atoms with Gasteiger partial charge < -0.3 is 25.3 Å². The smallest absolute Gasteiger partial charge is 0.475 e. The molecule has 0 fully saturated rings. The second-order valence-electron chi connectivity index (χ2n) is 8.91. The number of carboxylic acid groups (broad SMARTS) is 2. The number of carboxylic acids is 2. The lowest BCUT2D eigenvalue weighted by Gasteiger charge is -2.13. The maximum Gasteiger partial charge on any atom is 0.490 e. The molecule has 5 rings (SSSR count). The Morgan fingerprint density at radius 3 is 1.91 bits per heavy atom. The minimum atomic E-state index is -5.08. The van der Waals surface area contributed by atoms with Gasteiger partial charge in [-0.3, -0.25) is 0 Å². The number of halogens is 8. The zero-order chi connectivity index (χ0) is 31.9. The molecular weight excluding hydrogens is 598 g/mol. The van der Waals surface area contributed by atoms with Gasteiger partial charge in [0.2, 0.25) is 5.75 Å². The Bertz CT molecular complexity index is 1520. The van der Waals surface area contributed by atoms with E-state index in [1.807, 2.05) is 12.1 Å². The maximum atomic E-state index is 14.5. The topological polar surface area (TPSA) is 125 Å². The monoisotopic (exact) mass is 619 g/mol. The lowest BCUT2D eigenvalue weighted by Crippen LogP contribution is -2.28. The molecule has 0 radical (unpaired) electrons. The quantitative estimate of drug-likeness (QED) is 0.197. The number of aromatic nitrogens is 2. The van der Waals surface area contributed by atoms with Gasteiger partial charge in [-0.05, 0) is 41.7 Å². The van der Waals surface area contributed by atoms with E-state index in [2.05, 4.69) is 39.6 Å². The molecule has 3 aromatic carbocycles. The first-order chi connectivity index (χ1) is 20.1. The third kappa shape index (κ3) is 9.13. The lowest BCUT2D eigenvalue weighted by molar-refractivity contribution is -0.193. The molecule has 0 bridgehead atoms. The highest BCUT2D eigenvalue weighted by Crippen LogP contribution is 2.32. The molecule has 0 spiro atoms.